The Kier molecular flexibility index (Phi) is 3.26. The molecule has 0 spiro atoms. The summed E-state index contributed by atoms with van der Waals surface area (Å²) in [7, 11) is 0. The monoisotopic (exact) mass is 165 g/mol. The van der Waals surface area contributed by atoms with Gasteiger partial charge in [0, 0.05) is 0 Å². The van der Waals surface area contributed by atoms with Crippen LogP contribution in [0.2, 0.25) is 0 Å². The molecule has 3 N–H and O–H groups in total. The molecule has 2 nitrogen and oxygen atoms in total. The maximum Gasteiger partial charge on any atom is 0.105 e. The molecule has 0 aliphatic heterocycles. The molecule has 1 aromatic rings. The van der Waals surface area contributed by atoms with E-state index in [1.807, 2.05) is 37.3 Å². The average molecular weight is 165 g/mol. The van der Waals surface area contributed by atoms with Crippen molar-refractivity contribution in [3.8, 4) is 0 Å². The summed E-state index contributed by atoms with van der Waals surface area (Å²) in [6.45, 7) is 1.94. The first-order valence-electron chi connectivity index (χ1n) is 4.17. The van der Waals surface area contributed by atoms with Gasteiger partial charge in [-0.1, -0.05) is 37.3 Å². The Balaban J connectivity index is 2.53. The predicted molar refractivity (Wildman–Crippen MR) is 49.5 cm³/mol. The van der Waals surface area contributed by atoms with Gasteiger partial charge in [0.05, 0.1) is 0 Å². The van der Waals surface area contributed by atoms with Gasteiger partial charge in [-0.25, -0.2) is 0 Å². The molecule has 0 amide bonds. The largest absolute Gasteiger partial charge is 0.379 e. The highest BCUT2D eigenvalue weighted by Crippen LogP contribution is 2.08. The van der Waals surface area contributed by atoms with Crippen LogP contribution in [0.3, 0.4) is 0 Å². The Morgan fingerprint density at radius 1 is 1.33 bits per heavy atom. The smallest absolute Gasteiger partial charge is 0.105 e. The van der Waals surface area contributed by atoms with Gasteiger partial charge >= 0.3 is 0 Å². The summed E-state index contributed by atoms with van der Waals surface area (Å²) in [5.41, 5.74) is 6.56. The van der Waals surface area contributed by atoms with Crippen LogP contribution in [0.15, 0.2) is 30.3 Å². The second kappa shape index (κ2) is 4.24. The molecule has 66 valence electrons. The van der Waals surface area contributed by atoms with Crippen molar-refractivity contribution >= 4 is 0 Å². The van der Waals surface area contributed by atoms with E-state index in [1.54, 1.807) is 0 Å². The molecule has 0 fully saturated rings. The molecule has 12 heavy (non-hydrogen) atoms. The van der Waals surface area contributed by atoms with Crippen molar-refractivity contribution in [2.75, 3.05) is 0 Å². The summed E-state index contributed by atoms with van der Waals surface area (Å²) in [4.78, 5) is 0. The van der Waals surface area contributed by atoms with Gasteiger partial charge in [-0.05, 0) is 17.9 Å². The van der Waals surface area contributed by atoms with Crippen LogP contribution < -0.4 is 5.73 Å². The number of aliphatic hydroxyl groups is 1. The summed E-state index contributed by atoms with van der Waals surface area (Å²) in [5.74, 6) is 0.118. The molecule has 0 bridgehead atoms. The lowest BCUT2D eigenvalue weighted by molar-refractivity contribution is 0.123. The number of benzene rings is 1. The second-order valence-electron chi connectivity index (χ2n) is 3.16. The Labute approximate surface area is 73.0 Å². The fourth-order valence-corrected chi connectivity index (χ4v) is 1.11. The van der Waals surface area contributed by atoms with Gasteiger partial charge in [0.25, 0.3) is 0 Å². The molecule has 0 aliphatic carbocycles. The van der Waals surface area contributed by atoms with Crippen molar-refractivity contribution in [1.82, 2.24) is 0 Å². The molecule has 0 saturated carbocycles. The number of hydrogen-bond donors (Lipinski definition) is 2. The molecule has 0 aromatic heterocycles. The highest BCUT2D eigenvalue weighted by atomic mass is 16.3. The minimum absolute atomic E-state index is 0.118. The molecular weight excluding hydrogens is 150 g/mol. The van der Waals surface area contributed by atoms with Crippen LogP contribution in [0.1, 0.15) is 12.5 Å². The Bertz CT molecular complexity index is 221. The van der Waals surface area contributed by atoms with Crippen molar-refractivity contribution in [3.05, 3.63) is 35.9 Å². The first kappa shape index (κ1) is 9.23. The van der Waals surface area contributed by atoms with Gasteiger partial charge in [0.1, 0.15) is 6.23 Å². The van der Waals surface area contributed by atoms with Gasteiger partial charge in [-0.3, -0.25) is 0 Å². The third kappa shape index (κ3) is 2.64. The quantitative estimate of drug-likeness (QED) is 0.660. The lowest BCUT2D eigenvalue weighted by Crippen LogP contribution is -2.28. The van der Waals surface area contributed by atoms with E-state index >= 15 is 0 Å². The molecule has 0 aliphatic rings. The van der Waals surface area contributed by atoms with Crippen molar-refractivity contribution in [2.24, 2.45) is 11.7 Å². The Morgan fingerprint density at radius 2 is 1.92 bits per heavy atom. The van der Waals surface area contributed by atoms with Crippen LogP contribution in [0.5, 0.6) is 0 Å². The summed E-state index contributed by atoms with van der Waals surface area (Å²) >= 11 is 0. The van der Waals surface area contributed by atoms with Crippen LogP contribution in [0, 0.1) is 5.92 Å². The lowest BCUT2D eigenvalue weighted by atomic mass is 10.0. The number of nitrogens with two attached hydrogens (primary N) is 1. The van der Waals surface area contributed by atoms with Crippen molar-refractivity contribution in [3.63, 3.8) is 0 Å². The standard InChI is InChI=1S/C10H15NO/c1-8(10(11)12)7-9-5-3-2-4-6-9/h2-6,8,10,12H,7,11H2,1H3/t8?,10-/m0/s1. The van der Waals surface area contributed by atoms with E-state index in [2.05, 4.69) is 0 Å². The third-order valence-electron chi connectivity index (χ3n) is 1.98. The maximum absolute atomic E-state index is 9.06. The van der Waals surface area contributed by atoms with E-state index in [0.717, 1.165) is 6.42 Å². The van der Waals surface area contributed by atoms with Crippen molar-refractivity contribution in [1.29, 1.82) is 0 Å². The first-order valence-corrected chi connectivity index (χ1v) is 4.17. The zero-order valence-electron chi connectivity index (χ0n) is 7.27. The number of hydrogen-bond acceptors (Lipinski definition) is 2. The SMILES string of the molecule is CC(Cc1ccccc1)[C@@H](N)O. The zero-order valence-corrected chi connectivity index (χ0v) is 7.27. The summed E-state index contributed by atoms with van der Waals surface area (Å²) in [6.07, 6.45) is 0.114. The fraction of sp³-hybridized carbons (Fsp3) is 0.400. The molecule has 2 heteroatoms. The van der Waals surface area contributed by atoms with E-state index in [9.17, 15) is 0 Å². The minimum atomic E-state index is -0.717. The average Bonchev–Trinajstić information content (AvgIpc) is 2.06. The van der Waals surface area contributed by atoms with Crippen LogP contribution >= 0.6 is 0 Å². The predicted octanol–water partition coefficient (Wildman–Crippen LogP) is 1.14. The van der Waals surface area contributed by atoms with Crippen molar-refractivity contribution in [2.45, 2.75) is 19.6 Å². The maximum atomic E-state index is 9.06. The molecular formula is C10H15NO. The van der Waals surface area contributed by atoms with E-state index < -0.39 is 6.23 Å². The van der Waals surface area contributed by atoms with Gasteiger partial charge in [-0.15, -0.1) is 0 Å². The molecule has 2 atom stereocenters. The number of aliphatic hydroxyl groups excluding tert-OH is 1. The summed E-state index contributed by atoms with van der Waals surface area (Å²) in [6, 6.07) is 10.0. The fourth-order valence-electron chi connectivity index (χ4n) is 1.11. The van der Waals surface area contributed by atoms with Crippen molar-refractivity contribution < 1.29 is 5.11 Å². The van der Waals surface area contributed by atoms with Gasteiger partial charge < -0.3 is 10.8 Å². The van der Waals surface area contributed by atoms with E-state index in [4.69, 9.17) is 10.8 Å². The minimum Gasteiger partial charge on any atom is -0.379 e. The zero-order chi connectivity index (χ0) is 8.97. The first-order chi connectivity index (χ1) is 5.70. The molecule has 1 unspecified atom stereocenters. The van der Waals surface area contributed by atoms with Crippen LogP contribution in [0.4, 0.5) is 0 Å². The molecule has 0 saturated heterocycles. The Hall–Kier alpha value is -0.860. The van der Waals surface area contributed by atoms with E-state index in [1.165, 1.54) is 5.56 Å². The highest BCUT2D eigenvalue weighted by molar-refractivity contribution is 5.15. The van der Waals surface area contributed by atoms with Gasteiger partial charge in [0.2, 0.25) is 0 Å². The molecule has 0 heterocycles. The summed E-state index contributed by atoms with van der Waals surface area (Å²) < 4.78 is 0. The van der Waals surface area contributed by atoms with Gasteiger partial charge in [0.15, 0.2) is 0 Å². The third-order valence-corrected chi connectivity index (χ3v) is 1.98. The normalized spacial score (nSPS) is 15.6. The van der Waals surface area contributed by atoms with E-state index in [0.29, 0.717) is 0 Å². The summed E-state index contributed by atoms with van der Waals surface area (Å²) in [5, 5.41) is 9.06. The number of rotatable bonds is 3. The molecule has 1 aromatic carbocycles. The second-order valence-corrected chi connectivity index (χ2v) is 3.16. The van der Waals surface area contributed by atoms with Crippen LogP contribution in [-0.2, 0) is 6.42 Å². The topological polar surface area (TPSA) is 46.2 Å². The lowest BCUT2D eigenvalue weighted by Gasteiger charge is -2.13. The Morgan fingerprint density at radius 3 is 2.42 bits per heavy atom. The molecule has 0 radical (unpaired) electrons. The highest BCUT2D eigenvalue weighted by Gasteiger charge is 2.08. The molecule has 1 rings (SSSR count). The van der Waals surface area contributed by atoms with Crippen LogP contribution in [-0.4, -0.2) is 11.3 Å². The van der Waals surface area contributed by atoms with Crippen LogP contribution in [0.25, 0.3) is 0 Å². The van der Waals surface area contributed by atoms with E-state index in [-0.39, 0.29) is 5.92 Å². The van der Waals surface area contributed by atoms with Gasteiger partial charge in [-0.2, -0.15) is 0 Å².